The summed E-state index contributed by atoms with van der Waals surface area (Å²) in [6, 6.07) is 8.54. The molecule has 120 valence electrons. The highest BCUT2D eigenvalue weighted by Gasteiger charge is 2.58. The number of carbonyl (C=O) groups excluding carboxylic acids is 3. The van der Waals surface area contributed by atoms with E-state index in [1.807, 2.05) is 0 Å². The van der Waals surface area contributed by atoms with Gasteiger partial charge in [0.05, 0.1) is 5.56 Å². The van der Waals surface area contributed by atoms with Gasteiger partial charge in [-0.05, 0) is 32.1 Å². The number of nitrogens with one attached hydrogen (secondary N) is 1. The van der Waals surface area contributed by atoms with Gasteiger partial charge in [0, 0.05) is 12.0 Å². The first-order chi connectivity index (χ1) is 10.9. The third-order valence-electron chi connectivity index (χ3n) is 3.93. The first-order valence-electron chi connectivity index (χ1n) is 7.33. The lowest BCUT2D eigenvalue weighted by Crippen LogP contribution is -2.41. The average molecular weight is 315 g/mol. The van der Waals surface area contributed by atoms with Gasteiger partial charge >= 0.3 is 5.97 Å². The fraction of sp³-hybridized carbons (Fsp3) is 0.353. The lowest BCUT2D eigenvalue weighted by Gasteiger charge is -2.25. The van der Waals surface area contributed by atoms with Crippen molar-refractivity contribution in [3.05, 3.63) is 47.5 Å². The second-order valence-electron chi connectivity index (χ2n) is 6.15. The predicted octanol–water partition coefficient (Wildman–Crippen LogP) is 1.36. The Morgan fingerprint density at radius 1 is 1.35 bits per heavy atom. The number of hydrogen-bond acceptors (Lipinski definition) is 5. The molecule has 1 fully saturated rings. The molecule has 0 bridgehead atoms. The molecule has 1 spiro atoms. The van der Waals surface area contributed by atoms with Crippen LogP contribution in [0, 0.1) is 0 Å². The number of aldehydes is 1. The summed E-state index contributed by atoms with van der Waals surface area (Å²) in [7, 11) is 0. The molecule has 0 unspecified atom stereocenters. The summed E-state index contributed by atoms with van der Waals surface area (Å²) in [6.45, 7) is 3.40. The van der Waals surface area contributed by atoms with Gasteiger partial charge in [0.1, 0.15) is 18.1 Å². The van der Waals surface area contributed by atoms with Gasteiger partial charge in [0.25, 0.3) is 5.91 Å². The van der Waals surface area contributed by atoms with Crippen molar-refractivity contribution in [3.8, 4) is 0 Å². The van der Waals surface area contributed by atoms with E-state index in [4.69, 9.17) is 9.47 Å². The molecule has 0 radical (unpaired) electrons. The smallest absolute Gasteiger partial charge is 0.338 e. The molecule has 6 heteroatoms. The third-order valence-corrected chi connectivity index (χ3v) is 3.93. The number of amides is 1. The van der Waals surface area contributed by atoms with Gasteiger partial charge in [-0.2, -0.15) is 0 Å². The SMILES string of the molecule is CC1(C)NC(=O)[C@]2(C[C@H](OC(=O)c3ccccc3)C=C2C=O)O1. The molecule has 1 amide bonds. The largest absolute Gasteiger partial charge is 0.454 e. The molecule has 0 saturated carbocycles. The van der Waals surface area contributed by atoms with Crippen LogP contribution in [-0.2, 0) is 19.1 Å². The van der Waals surface area contributed by atoms with E-state index in [0.29, 0.717) is 11.8 Å². The van der Waals surface area contributed by atoms with Gasteiger partial charge in [0.2, 0.25) is 0 Å². The lowest BCUT2D eigenvalue weighted by atomic mass is 9.95. The minimum Gasteiger partial charge on any atom is -0.454 e. The molecule has 2 atom stereocenters. The van der Waals surface area contributed by atoms with Crippen molar-refractivity contribution < 1.29 is 23.9 Å². The van der Waals surface area contributed by atoms with Gasteiger partial charge in [0.15, 0.2) is 5.60 Å². The van der Waals surface area contributed by atoms with Gasteiger partial charge in [-0.15, -0.1) is 0 Å². The molecule has 1 heterocycles. The summed E-state index contributed by atoms with van der Waals surface area (Å²) in [5.74, 6) is -0.897. The molecule has 1 N–H and O–H groups in total. The maximum atomic E-state index is 12.3. The molecule has 1 aliphatic heterocycles. The van der Waals surface area contributed by atoms with E-state index in [1.165, 1.54) is 6.08 Å². The molecule has 1 aliphatic carbocycles. The summed E-state index contributed by atoms with van der Waals surface area (Å²) in [4.78, 5) is 35.8. The monoisotopic (exact) mass is 315 g/mol. The van der Waals surface area contributed by atoms with Crippen molar-refractivity contribution in [1.29, 1.82) is 0 Å². The van der Waals surface area contributed by atoms with Crippen LogP contribution in [-0.4, -0.2) is 35.6 Å². The second kappa shape index (κ2) is 5.31. The zero-order valence-corrected chi connectivity index (χ0v) is 12.9. The second-order valence-corrected chi connectivity index (χ2v) is 6.15. The molecule has 23 heavy (non-hydrogen) atoms. The van der Waals surface area contributed by atoms with Crippen molar-refractivity contribution in [1.82, 2.24) is 5.32 Å². The summed E-state index contributed by atoms with van der Waals surface area (Å²) >= 11 is 0. The highest BCUT2D eigenvalue weighted by molar-refractivity contribution is 5.99. The highest BCUT2D eigenvalue weighted by Crippen LogP contribution is 2.41. The van der Waals surface area contributed by atoms with Crippen LogP contribution < -0.4 is 5.32 Å². The summed E-state index contributed by atoms with van der Waals surface area (Å²) in [6.07, 6.45) is 1.46. The highest BCUT2D eigenvalue weighted by atomic mass is 16.6. The Balaban J connectivity index is 1.80. The van der Waals surface area contributed by atoms with Crippen molar-refractivity contribution in [3.63, 3.8) is 0 Å². The van der Waals surface area contributed by atoms with Crippen LogP contribution >= 0.6 is 0 Å². The minimum atomic E-state index is -1.38. The zero-order valence-electron chi connectivity index (χ0n) is 12.9. The number of rotatable bonds is 3. The third kappa shape index (κ3) is 2.66. The summed E-state index contributed by atoms with van der Waals surface area (Å²) in [5, 5.41) is 2.69. The molecule has 6 nitrogen and oxygen atoms in total. The van der Waals surface area contributed by atoms with Crippen LogP contribution in [0.15, 0.2) is 42.0 Å². The number of esters is 1. The van der Waals surface area contributed by atoms with Gasteiger partial charge < -0.3 is 14.8 Å². The molecule has 1 aromatic rings. The topological polar surface area (TPSA) is 81.7 Å². The molecule has 2 aliphatic rings. The standard InChI is InChI=1S/C17H17NO5/c1-16(2)18-15(21)17(23-16)9-13(8-12(17)10-19)22-14(20)11-6-4-3-5-7-11/h3-8,10,13H,9H2,1-2H3,(H,18,21)/t13-,17-/m1/s1. The van der Waals surface area contributed by atoms with Crippen molar-refractivity contribution in [2.45, 2.75) is 37.7 Å². The van der Waals surface area contributed by atoms with Crippen LogP contribution in [0.1, 0.15) is 30.6 Å². The van der Waals surface area contributed by atoms with Crippen LogP contribution in [0.4, 0.5) is 0 Å². The van der Waals surface area contributed by atoms with Crippen LogP contribution in [0.2, 0.25) is 0 Å². The normalized spacial score (nSPS) is 28.3. The van der Waals surface area contributed by atoms with Crippen molar-refractivity contribution in [2.75, 3.05) is 0 Å². The Bertz CT molecular complexity index is 694. The van der Waals surface area contributed by atoms with E-state index < -0.39 is 23.4 Å². The van der Waals surface area contributed by atoms with Gasteiger partial charge in [-0.1, -0.05) is 18.2 Å². The molecule has 1 saturated heterocycles. The maximum absolute atomic E-state index is 12.3. The van der Waals surface area contributed by atoms with Crippen LogP contribution in [0.25, 0.3) is 0 Å². The zero-order chi connectivity index (χ0) is 16.7. The number of ether oxygens (including phenoxy) is 2. The Hall–Kier alpha value is -2.47. The molecule has 3 rings (SSSR count). The van der Waals surface area contributed by atoms with Crippen LogP contribution in [0.5, 0.6) is 0 Å². The predicted molar refractivity (Wildman–Crippen MR) is 80.4 cm³/mol. The molecule has 0 aromatic heterocycles. The van der Waals surface area contributed by atoms with Crippen molar-refractivity contribution >= 4 is 18.2 Å². The van der Waals surface area contributed by atoms with E-state index in [-0.39, 0.29) is 17.9 Å². The first-order valence-corrected chi connectivity index (χ1v) is 7.33. The van der Waals surface area contributed by atoms with Gasteiger partial charge in [-0.25, -0.2) is 4.79 Å². The number of hydrogen-bond donors (Lipinski definition) is 1. The maximum Gasteiger partial charge on any atom is 0.338 e. The van der Waals surface area contributed by atoms with Crippen LogP contribution in [0.3, 0.4) is 0 Å². The average Bonchev–Trinajstić information content (AvgIpc) is 2.96. The fourth-order valence-electron chi connectivity index (χ4n) is 2.99. The Morgan fingerprint density at radius 2 is 2.04 bits per heavy atom. The molecular formula is C17H17NO5. The van der Waals surface area contributed by atoms with Gasteiger partial charge in [-0.3, -0.25) is 9.59 Å². The number of carbonyl (C=O) groups is 3. The van der Waals surface area contributed by atoms with E-state index >= 15 is 0 Å². The molecular weight excluding hydrogens is 298 g/mol. The van der Waals surface area contributed by atoms with E-state index in [1.54, 1.807) is 44.2 Å². The van der Waals surface area contributed by atoms with E-state index in [2.05, 4.69) is 5.32 Å². The summed E-state index contributed by atoms with van der Waals surface area (Å²) < 4.78 is 11.2. The fourth-order valence-corrected chi connectivity index (χ4v) is 2.99. The summed E-state index contributed by atoms with van der Waals surface area (Å²) in [5.41, 5.74) is -1.66. The quantitative estimate of drug-likeness (QED) is 0.673. The Morgan fingerprint density at radius 3 is 2.61 bits per heavy atom. The number of benzene rings is 1. The minimum absolute atomic E-state index is 0.0922. The lowest BCUT2D eigenvalue weighted by molar-refractivity contribution is -0.135. The Kier molecular flexibility index (Phi) is 3.56. The first kappa shape index (κ1) is 15.4. The van der Waals surface area contributed by atoms with E-state index in [9.17, 15) is 14.4 Å². The van der Waals surface area contributed by atoms with Crippen molar-refractivity contribution in [2.24, 2.45) is 0 Å². The molecule has 1 aromatic carbocycles. The Labute approximate surface area is 133 Å². The van der Waals surface area contributed by atoms with E-state index in [0.717, 1.165) is 0 Å².